The summed E-state index contributed by atoms with van der Waals surface area (Å²) in [6, 6.07) is 4.62. The van der Waals surface area contributed by atoms with Gasteiger partial charge in [-0.2, -0.15) is 0 Å². The molecule has 1 aromatic carbocycles. The lowest BCUT2D eigenvalue weighted by atomic mass is 9.91. The van der Waals surface area contributed by atoms with Crippen LogP contribution in [0.3, 0.4) is 0 Å². The third-order valence-electron chi connectivity index (χ3n) is 3.32. The van der Waals surface area contributed by atoms with E-state index in [0.717, 1.165) is 0 Å². The maximum atomic E-state index is 10.8. The summed E-state index contributed by atoms with van der Waals surface area (Å²) in [5, 5.41) is 20.8. The number of nitro groups is 1. The number of ether oxygens (including phenoxy) is 1. The zero-order chi connectivity index (χ0) is 13.3. The Balaban J connectivity index is 2.24. The molecule has 1 fully saturated rings. The van der Waals surface area contributed by atoms with E-state index in [1.54, 1.807) is 6.07 Å². The molecule has 1 aromatic rings. The summed E-state index contributed by atoms with van der Waals surface area (Å²) >= 11 is 0. The van der Waals surface area contributed by atoms with Gasteiger partial charge in [-0.25, -0.2) is 0 Å². The lowest BCUT2D eigenvalue weighted by molar-refractivity contribution is -0.384. The van der Waals surface area contributed by atoms with E-state index in [2.05, 4.69) is 0 Å². The third-order valence-corrected chi connectivity index (χ3v) is 3.32. The molecule has 0 aromatic heterocycles. The van der Waals surface area contributed by atoms with E-state index in [-0.39, 0.29) is 5.69 Å². The Hall–Kier alpha value is -1.82. The molecule has 0 spiro atoms. The smallest absolute Gasteiger partial charge is 0.275 e. The summed E-state index contributed by atoms with van der Waals surface area (Å²) in [5.74, 6) is 0.450. The first-order valence-electron chi connectivity index (χ1n) is 5.78. The van der Waals surface area contributed by atoms with Crippen LogP contribution in [-0.4, -0.2) is 35.8 Å². The predicted molar refractivity (Wildman–Crippen MR) is 67.1 cm³/mol. The van der Waals surface area contributed by atoms with E-state index < -0.39 is 10.5 Å². The molecule has 0 atom stereocenters. The number of aliphatic hydroxyl groups is 1. The minimum absolute atomic E-state index is 0.00344. The fourth-order valence-electron chi connectivity index (χ4n) is 2.04. The minimum Gasteiger partial charge on any atom is -0.496 e. The van der Waals surface area contributed by atoms with Gasteiger partial charge < -0.3 is 14.7 Å². The number of nitro benzene ring substituents is 1. The van der Waals surface area contributed by atoms with Crippen molar-refractivity contribution in [1.29, 1.82) is 0 Å². The maximum absolute atomic E-state index is 10.8. The molecule has 1 aliphatic heterocycles. The summed E-state index contributed by atoms with van der Waals surface area (Å²) in [4.78, 5) is 12.3. The zero-order valence-electron chi connectivity index (χ0n) is 10.4. The van der Waals surface area contributed by atoms with Crippen LogP contribution in [0.4, 0.5) is 11.4 Å². The van der Waals surface area contributed by atoms with Gasteiger partial charge >= 0.3 is 0 Å². The van der Waals surface area contributed by atoms with Gasteiger partial charge in [-0.05, 0) is 6.42 Å². The largest absolute Gasteiger partial charge is 0.496 e. The number of hydrogen-bond acceptors (Lipinski definition) is 5. The van der Waals surface area contributed by atoms with Crippen molar-refractivity contribution >= 4 is 11.4 Å². The number of anilines is 1. The Labute approximate surface area is 105 Å². The highest BCUT2D eigenvalue weighted by atomic mass is 16.6. The van der Waals surface area contributed by atoms with Crippen molar-refractivity contribution in [3.8, 4) is 5.75 Å². The summed E-state index contributed by atoms with van der Waals surface area (Å²) < 4.78 is 5.05. The van der Waals surface area contributed by atoms with Crippen molar-refractivity contribution in [1.82, 2.24) is 0 Å². The Morgan fingerprint density at radius 1 is 1.50 bits per heavy atom. The molecule has 6 nitrogen and oxygen atoms in total. The lowest BCUT2D eigenvalue weighted by Crippen LogP contribution is -2.61. The highest BCUT2D eigenvalue weighted by Crippen LogP contribution is 2.34. The Bertz CT molecular complexity index is 469. The second-order valence-electron chi connectivity index (χ2n) is 4.58. The monoisotopic (exact) mass is 252 g/mol. The molecule has 1 N–H and O–H groups in total. The number of nitrogens with zero attached hydrogens (tertiary/aromatic N) is 2. The van der Waals surface area contributed by atoms with Gasteiger partial charge in [0.25, 0.3) is 5.69 Å². The van der Waals surface area contributed by atoms with Gasteiger partial charge in [-0.15, -0.1) is 0 Å². The van der Waals surface area contributed by atoms with Crippen molar-refractivity contribution in [3.63, 3.8) is 0 Å². The molecule has 2 rings (SSSR count). The molecular weight excluding hydrogens is 236 g/mol. The van der Waals surface area contributed by atoms with Gasteiger partial charge in [-0.1, -0.05) is 6.92 Å². The number of rotatable bonds is 4. The molecule has 98 valence electrons. The molecule has 6 heteroatoms. The van der Waals surface area contributed by atoms with Gasteiger partial charge in [0, 0.05) is 30.9 Å². The van der Waals surface area contributed by atoms with Crippen LogP contribution in [0.25, 0.3) is 0 Å². The zero-order valence-corrected chi connectivity index (χ0v) is 10.4. The second-order valence-corrected chi connectivity index (χ2v) is 4.58. The third kappa shape index (κ3) is 2.24. The molecule has 0 aliphatic carbocycles. The Kier molecular flexibility index (Phi) is 3.13. The van der Waals surface area contributed by atoms with Gasteiger partial charge in [0.05, 0.1) is 23.7 Å². The second kappa shape index (κ2) is 4.45. The molecule has 0 radical (unpaired) electrons. The first-order chi connectivity index (χ1) is 8.47. The van der Waals surface area contributed by atoms with E-state index in [4.69, 9.17) is 4.74 Å². The molecule has 0 saturated carbocycles. The van der Waals surface area contributed by atoms with Crippen molar-refractivity contribution in [2.75, 3.05) is 25.1 Å². The Morgan fingerprint density at radius 3 is 2.67 bits per heavy atom. The van der Waals surface area contributed by atoms with E-state index in [0.29, 0.717) is 30.9 Å². The van der Waals surface area contributed by atoms with E-state index in [9.17, 15) is 15.2 Å². The average Bonchev–Trinajstić information content (AvgIpc) is 2.34. The first-order valence-corrected chi connectivity index (χ1v) is 5.78. The summed E-state index contributed by atoms with van der Waals surface area (Å²) in [7, 11) is 1.47. The van der Waals surface area contributed by atoms with E-state index in [1.165, 1.54) is 19.2 Å². The molecule has 0 bridgehead atoms. The summed E-state index contributed by atoms with van der Waals surface area (Å²) in [6.07, 6.45) is 0.676. The predicted octanol–water partition coefficient (Wildman–Crippen LogP) is 1.56. The molecule has 1 aliphatic rings. The first kappa shape index (κ1) is 12.6. The van der Waals surface area contributed by atoms with Gasteiger partial charge in [0.1, 0.15) is 5.75 Å². The standard InChI is InChI=1S/C12H16N2O4/c1-3-12(15)7-13(8-12)9-4-10(14(16)17)6-11(5-9)18-2/h4-6,15H,3,7-8H2,1-2H3. The van der Waals surface area contributed by atoms with Crippen LogP contribution in [-0.2, 0) is 0 Å². The lowest BCUT2D eigenvalue weighted by Gasteiger charge is -2.47. The Morgan fingerprint density at radius 2 is 2.17 bits per heavy atom. The van der Waals surface area contributed by atoms with Crippen LogP contribution in [0.2, 0.25) is 0 Å². The van der Waals surface area contributed by atoms with Crippen molar-refractivity contribution in [2.24, 2.45) is 0 Å². The number of hydrogen-bond donors (Lipinski definition) is 1. The molecule has 0 unspecified atom stereocenters. The fraction of sp³-hybridized carbons (Fsp3) is 0.500. The van der Waals surface area contributed by atoms with Crippen LogP contribution in [0.5, 0.6) is 5.75 Å². The quantitative estimate of drug-likeness (QED) is 0.650. The summed E-state index contributed by atoms with van der Waals surface area (Å²) in [5.41, 5.74) is 0.0353. The molecule has 1 saturated heterocycles. The maximum Gasteiger partial charge on any atom is 0.275 e. The molecule has 0 amide bonds. The van der Waals surface area contributed by atoms with E-state index in [1.807, 2.05) is 11.8 Å². The SMILES string of the molecule is CCC1(O)CN(c2cc(OC)cc([N+](=O)[O-])c2)C1. The summed E-state index contributed by atoms with van der Waals surface area (Å²) in [6.45, 7) is 2.91. The van der Waals surface area contributed by atoms with Crippen LogP contribution >= 0.6 is 0 Å². The van der Waals surface area contributed by atoms with Gasteiger partial charge in [0.2, 0.25) is 0 Å². The molecular formula is C12H16N2O4. The molecule has 18 heavy (non-hydrogen) atoms. The highest BCUT2D eigenvalue weighted by molar-refractivity contribution is 5.60. The number of β-amino-alcohol motifs (C(OH)–C–C–N with tert-alkyl or cyclic N) is 1. The van der Waals surface area contributed by atoms with E-state index >= 15 is 0 Å². The van der Waals surface area contributed by atoms with Gasteiger partial charge in [0.15, 0.2) is 0 Å². The normalized spacial score (nSPS) is 17.2. The van der Waals surface area contributed by atoms with Crippen molar-refractivity contribution < 1.29 is 14.8 Å². The van der Waals surface area contributed by atoms with Crippen LogP contribution in [0, 0.1) is 10.1 Å². The van der Waals surface area contributed by atoms with Crippen LogP contribution < -0.4 is 9.64 Å². The van der Waals surface area contributed by atoms with Crippen LogP contribution in [0.15, 0.2) is 18.2 Å². The molecule has 1 heterocycles. The number of non-ortho nitro benzene ring substituents is 1. The average molecular weight is 252 g/mol. The van der Waals surface area contributed by atoms with Gasteiger partial charge in [-0.3, -0.25) is 10.1 Å². The number of methoxy groups -OCH3 is 1. The number of benzene rings is 1. The topological polar surface area (TPSA) is 75.8 Å². The highest BCUT2D eigenvalue weighted by Gasteiger charge is 2.40. The van der Waals surface area contributed by atoms with Crippen molar-refractivity contribution in [3.05, 3.63) is 28.3 Å². The fourth-order valence-corrected chi connectivity index (χ4v) is 2.04. The van der Waals surface area contributed by atoms with Crippen molar-refractivity contribution in [2.45, 2.75) is 18.9 Å². The minimum atomic E-state index is -0.669. The van der Waals surface area contributed by atoms with Crippen LogP contribution in [0.1, 0.15) is 13.3 Å².